The van der Waals surface area contributed by atoms with Gasteiger partial charge >= 0.3 is 0 Å². The van der Waals surface area contributed by atoms with Gasteiger partial charge in [0.2, 0.25) is 5.91 Å². The van der Waals surface area contributed by atoms with Gasteiger partial charge in [-0.15, -0.1) is 10.2 Å². The molecule has 0 N–H and O–H groups in total. The monoisotopic (exact) mass is 489 g/mol. The predicted octanol–water partition coefficient (Wildman–Crippen LogP) is 4.10. The van der Waals surface area contributed by atoms with Crippen molar-refractivity contribution >= 4 is 34.2 Å². The van der Waals surface area contributed by atoms with Crippen LogP contribution in [0.1, 0.15) is 25.3 Å². The third kappa shape index (κ3) is 4.07. The second-order valence-corrected chi connectivity index (χ2v) is 10.5. The van der Waals surface area contributed by atoms with Crippen LogP contribution in [-0.2, 0) is 14.3 Å². The molecule has 1 spiro atoms. The average Bonchev–Trinajstić information content (AvgIpc) is 3.51. The van der Waals surface area contributed by atoms with E-state index in [0.717, 1.165) is 33.5 Å². The fourth-order valence-electron chi connectivity index (χ4n) is 4.93. The Labute approximate surface area is 207 Å². The fraction of sp³-hybridized carbons (Fsp3) is 0.385. The van der Waals surface area contributed by atoms with E-state index in [1.165, 1.54) is 11.8 Å². The number of carbonyl (C=O) groups excluding carboxylic acids is 1. The van der Waals surface area contributed by atoms with Gasteiger partial charge in [0.25, 0.3) is 0 Å². The minimum Gasteiger partial charge on any atom is -0.347 e. The van der Waals surface area contributed by atoms with Crippen molar-refractivity contribution in [1.82, 2.24) is 24.5 Å². The van der Waals surface area contributed by atoms with Gasteiger partial charge in [-0.2, -0.15) is 0 Å². The standard InChI is InChI=1S/C26H27N5O3S/c1-17-6-5-7-19(16-17)22-27-21-9-4-3-8-20(21)23-28-29-25(31(22)23)35-18(2)24(32)30-12-10-26(11-13-30)33-14-15-34-26/h3-9,16,18H,10-15H2,1-2H3. The Bertz CT molecular complexity index is 1400. The number of likely N-dealkylation sites (tertiary alicyclic amines) is 1. The molecule has 4 heterocycles. The number of thioether (sulfide) groups is 1. The minimum atomic E-state index is -0.494. The summed E-state index contributed by atoms with van der Waals surface area (Å²) in [5, 5.41) is 10.3. The quantitative estimate of drug-likeness (QED) is 0.399. The zero-order valence-corrected chi connectivity index (χ0v) is 20.6. The van der Waals surface area contributed by atoms with Crippen molar-refractivity contribution in [2.24, 2.45) is 0 Å². The second-order valence-electron chi connectivity index (χ2n) is 9.16. The average molecular weight is 490 g/mol. The number of aryl methyl sites for hydroxylation is 1. The maximum Gasteiger partial charge on any atom is 0.235 e. The van der Waals surface area contributed by atoms with Crippen LogP contribution in [0, 0.1) is 6.92 Å². The van der Waals surface area contributed by atoms with Gasteiger partial charge in [-0.25, -0.2) is 4.98 Å². The molecule has 0 aliphatic carbocycles. The van der Waals surface area contributed by atoms with Crippen molar-refractivity contribution in [2.45, 2.75) is 42.9 Å². The minimum absolute atomic E-state index is 0.0884. The van der Waals surface area contributed by atoms with Gasteiger partial charge in [0.1, 0.15) is 5.82 Å². The van der Waals surface area contributed by atoms with Gasteiger partial charge < -0.3 is 14.4 Å². The first-order valence-electron chi connectivity index (χ1n) is 12.0. The van der Waals surface area contributed by atoms with Gasteiger partial charge in [0, 0.05) is 36.9 Å². The highest BCUT2D eigenvalue weighted by Crippen LogP contribution is 2.34. The van der Waals surface area contributed by atoms with Gasteiger partial charge in [-0.05, 0) is 32.0 Å². The van der Waals surface area contributed by atoms with Crippen molar-refractivity contribution in [2.75, 3.05) is 26.3 Å². The first-order chi connectivity index (χ1) is 17.0. The third-order valence-electron chi connectivity index (χ3n) is 6.77. The van der Waals surface area contributed by atoms with Gasteiger partial charge in [0.15, 0.2) is 16.6 Å². The SMILES string of the molecule is Cc1cccc(-c2nc3ccccc3c3nnc(SC(C)C(=O)N4CCC5(CC4)OCCO5)n23)c1. The number of amides is 1. The summed E-state index contributed by atoms with van der Waals surface area (Å²) in [7, 11) is 0. The molecule has 2 saturated heterocycles. The molecule has 2 aliphatic rings. The number of rotatable bonds is 4. The maximum atomic E-state index is 13.3. The third-order valence-corrected chi connectivity index (χ3v) is 7.80. The van der Waals surface area contributed by atoms with Crippen molar-refractivity contribution in [3.05, 3.63) is 54.1 Å². The number of nitrogens with zero attached hydrogens (tertiary/aromatic N) is 5. The summed E-state index contributed by atoms with van der Waals surface area (Å²) in [6.45, 7) is 6.52. The molecule has 2 aromatic carbocycles. The molecule has 0 bridgehead atoms. The molecule has 1 amide bonds. The molecule has 0 saturated carbocycles. The summed E-state index contributed by atoms with van der Waals surface area (Å²) in [6.07, 6.45) is 1.41. The molecule has 4 aromatic rings. The lowest BCUT2D eigenvalue weighted by molar-refractivity contribution is -0.187. The van der Waals surface area contributed by atoms with E-state index in [1.54, 1.807) is 0 Å². The van der Waals surface area contributed by atoms with Crippen LogP contribution in [0.5, 0.6) is 0 Å². The molecule has 8 nitrogen and oxygen atoms in total. The lowest BCUT2D eigenvalue weighted by Gasteiger charge is -2.38. The van der Waals surface area contributed by atoms with E-state index in [-0.39, 0.29) is 11.2 Å². The lowest BCUT2D eigenvalue weighted by Crippen LogP contribution is -2.49. The van der Waals surface area contributed by atoms with E-state index in [2.05, 4.69) is 29.3 Å². The molecule has 2 fully saturated rings. The number of ether oxygens (including phenoxy) is 2. The number of para-hydroxylation sites is 1. The van der Waals surface area contributed by atoms with Gasteiger partial charge in [-0.3, -0.25) is 9.20 Å². The molecular weight excluding hydrogens is 462 g/mol. The molecule has 0 radical (unpaired) electrons. The van der Waals surface area contributed by atoms with Crippen molar-refractivity contribution in [3.8, 4) is 11.4 Å². The number of carbonyl (C=O) groups is 1. The summed E-state index contributed by atoms with van der Waals surface area (Å²) in [4.78, 5) is 20.2. The van der Waals surface area contributed by atoms with Crippen LogP contribution < -0.4 is 0 Å². The van der Waals surface area contributed by atoms with Crippen LogP contribution in [0.15, 0.2) is 53.7 Å². The maximum absolute atomic E-state index is 13.3. The Morgan fingerprint density at radius 1 is 1.06 bits per heavy atom. The second kappa shape index (κ2) is 8.89. The number of hydrogen-bond donors (Lipinski definition) is 0. The summed E-state index contributed by atoms with van der Waals surface area (Å²) >= 11 is 1.42. The van der Waals surface area contributed by atoms with Crippen molar-refractivity contribution in [3.63, 3.8) is 0 Å². The molecule has 6 rings (SSSR count). The molecular formula is C26H27N5O3S. The number of benzene rings is 2. The lowest BCUT2D eigenvalue weighted by atomic mass is 10.0. The zero-order valence-electron chi connectivity index (χ0n) is 19.8. The highest BCUT2D eigenvalue weighted by molar-refractivity contribution is 8.00. The van der Waals surface area contributed by atoms with E-state index in [4.69, 9.17) is 14.5 Å². The molecule has 1 atom stereocenters. The molecule has 1 unspecified atom stereocenters. The Morgan fingerprint density at radius 2 is 1.83 bits per heavy atom. The Balaban J connectivity index is 1.32. The predicted molar refractivity (Wildman–Crippen MR) is 134 cm³/mol. The molecule has 2 aliphatic heterocycles. The fourth-order valence-corrected chi connectivity index (χ4v) is 5.87. The molecule has 35 heavy (non-hydrogen) atoms. The van der Waals surface area contributed by atoms with Crippen LogP contribution in [0.4, 0.5) is 0 Å². The van der Waals surface area contributed by atoms with E-state index < -0.39 is 5.79 Å². The van der Waals surface area contributed by atoms with E-state index in [9.17, 15) is 4.79 Å². The van der Waals surface area contributed by atoms with Crippen LogP contribution in [0.3, 0.4) is 0 Å². The molecule has 2 aromatic heterocycles. The van der Waals surface area contributed by atoms with Crippen LogP contribution in [0.2, 0.25) is 0 Å². The number of hydrogen-bond acceptors (Lipinski definition) is 7. The summed E-state index contributed by atoms with van der Waals surface area (Å²) in [6, 6.07) is 16.2. The first-order valence-corrected chi connectivity index (χ1v) is 12.9. The van der Waals surface area contributed by atoms with Crippen molar-refractivity contribution in [1.29, 1.82) is 0 Å². The van der Waals surface area contributed by atoms with Crippen LogP contribution in [-0.4, -0.2) is 67.7 Å². The van der Waals surface area contributed by atoms with E-state index >= 15 is 0 Å². The Morgan fingerprint density at radius 3 is 2.60 bits per heavy atom. The van der Waals surface area contributed by atoms with Gasteiger partial charge in [0.05, 0.1) is 24.0 Å². The van der Waals surface area contributed by atoms with E-state index in [1.807, 2.05) is 52.6 Å². The highest BCUT2D eigenvalue weighted by atomic mass is 32.2. The molecule has 180 valence electrons. The Hall–Kier alpha value is -3.01. The van der Waals surface area contributed by atoms with Crippen LogP contribution in [0.25, 0.3) is 27.9 Å². The Kier molecular flexibility index (Phi) is 5.70. The number of piperidine rings is 1. The zero-order chi connectivity index (χ0) is 24.0. The topological polar surface area (TPSA) is 81.9 Å². The highest BCUT2D eigenvalue weighted by Gasteiger charge is 2.41. The number of aromatic nitrogens is 4. The largest absolute Gasteiger partial charge is 0.347 e. The van der Waals surface area contributed by atoms with E-state index in [0.29, 0.717) is 44.3 Å². The summed E-state index contributed by atoms with van der Waals surface area (Å²) < 4.78 is 13.6. The van der Waals surface area contributed by atoms with Crippen LogP contribution >= 0.6 is 11.8 Å². The molecule has 9 heteroatoms. The smallest absolute Gasteiger partial charge is 0.235 e. The number of fused-ring (bicyclic) bond motifs is 3. The first kappa shape index (κ1) is 22.5. The summed E-state index contributed by atoms with van der Waals surface area (Å²) in [5.41, 5.74) is 3.74. The summed E-state index contributed by atoms with van der Waals surface area (Å²) in [5.74, 6) is 0.363. The van der Waals surface area contributed by atoms with Gasteiger partial charge in [-0.1, -0.05) is 47.7 Å². The normalized spacial score (nSPS) is 18.5. The van der Waals surface area contributed by atoms with Crippen molar-refractivity contribution < 1.29 is 14.3 Å².